The fourth-order valence-electron chi connectivity index (χ4n) is 3.50. The summed E-state index contributed by atoms with van der Waals surface area (Å²) >= 11 is 0. The number of hydrogen-bond acceptors (Lipinski definition) is 2. The van der Waals surface area contributed by atoms with Crippen molar-refractivity contribution >= 4 is 17.5 Å². The van der Waals surface area contributed by atoms with Gasteiger partial charge in [-0.05, 0) is 38.8 Å². The Labute approximate surface area is 138 Å². The number of rotatable bonds is 4. The Bertz CT molecular complexity index is 581. The highest BCUT2D eigenvalue weighted by Crippen LogP contribution is 2.22. The van der Waals surface area contributed by atoms with Crippen molar-refractivity contribution < 1.29 is 14.5 Å². The Balaban J connectivity index is 2.00. The van der Waals surface area contributed by atoms with Gasteiger partial charge >= 0.3 is 0 Å². The van der Waals surface area contributed by atoms with Crippen molar-refractivity contribution in [3.05, 3.63) is 28.8 Å². The van der Waals surface area contributed by atoms with E-state index >= 15 is 0 Å². The summed E-state index contributed by atoms with van der Waals surface area (Å²) in [6.45, 7) is 9.68. The second kappa shape index (κ2) is 7.13. The number of nitrogens with two attached hydrogens (primary N) is 1. The summed E-state index contributed by atoms with van der Waals surface area (Å²) in [6.07, 6.45) is 1.54. The van der Waals surface area contributed by atoms with Gasteiger partial charge in [-0.3, -0.25) is 9.59 Å². The normalized spacial score (nSPS) is 22.4. The summed E-state index contributed by atoms with van der Waals surface area (Å²) in [5.74, 6) is -0.213. The highest BCUT2D eigenvalue weighted by atomic mass is 16.2. The van der Waals surface area contributed by atoms with E-state index in [4.69, 9.17) is 5.73 Å². The van der Waals surface area contributed by atoms with Crippen LogP contribution in [0.15, 0.2) is 12.1 Å². The van der Waals surface area contributed by atoms with Crippen LogP contribution in [0.25, 0.3) is 0 Å². The SMILES string of the molecule is Cc1cc(C)c(NC(=O)[C@@H](C)[NH+]2CCC(C(N)=O)CC2)c(C)c1. The first-order valence-electron chi connectivity index (χ1n) is 8.32. The number of quaternary nitrogens is 1. The van der Waals surface area contributed by atoms with E-state index in [-0.39, 0.29) is 23.8 Å². The van der Waals surface area contributed by atoms with Gasteiger partial charge in [-0.1, -0.05) is 17.7 Å². The quantitative estimate of drug-likeness (QED) is 0.765. The summed E-state index contributed by atoms with van der Waals surface area (Å²) in [6, 6.07) is 4.03. The summed E-state index contributed by atoms with van der Waals surface area (Å²) in [5.41, 5.74) is 9.66. The van der Waals surface area contributed by atoms with E-state index in [1.54, 1.807) is 0 Å². The standard InChI is InChI=1S/C18H27N3O2/c1-11-9-12(2)16(13(3)10-11)20-18(23)14(4)21-7-5-15(6-8-21)17(19)22/h9-10,14-15H,5-8H2,1-4H3,(H2,19,22)(H,20,23)/p+1/t14-/m1/s1. The van der Waals surface area contributed by atoms with Gasteiger partial charge in [0.15, 0.2) is 6.04 Å². The lowest BCUT2D eigenvalue weighted by Gasteiger charge is -2.31. The Morgan fingerprint density at radius 3 is 2.17 bits per heavy atom. The molecule has 1 saturated heterocycles. The number of aryl methyl sites for hydroxylation is 3. The van der Waals surface area contributed by atoms with Gasteiger partial charge < -0.3 is 16.0 Å². The average Bonchev–Trinajstić information content (AvgIpc) is 2.50. The van der Waals surface area contributed by atoms with Crippen LogP contribution in [-0.2, 0) is 9.59 Å². The third-order valence-electron chi connectivity index (χ3n) is 4.96. The summed E-state index contributed by atoms with van der Waals surface area (Å²) in [4.78, 5) is 25.1. The predicted molar refractivity (Wildman–Crippen MR) is 91.4 cm³/mol. The number of benzene rings is 1. The first-order valence-corrected chi connectivity index (χ1v) is 8.32. The molecule has 1 aromatic carbocycles. The van der Waals surface area contributed by atoms with Crippen LogP contribution < -0.4 is 16.0 Å². The first kappa shape index (κ1) is 17.5. The molecule has 5 heteroatoms. The van der Waals surface area contributed by atoms with E-state index in [2.05, 4.69) is 24.4 Å². The molecular formula is C18H28N3O2+. The van der Waals surface area contributed by atoms with Crippen molar-refractivity contribution in [2.45, 2.75) is 46.6 Å². The van der Waals surface area contributed by atoms with E-state index in [1.807, 2.05) is 20.8 Å². The Morgan fingerprint density at radius 2 is 1.70 bits per heavy atom. The second-order valence-electron chi connectivity index (χ2n) is 6.82. The number of piperidine rings is 1. The molecule has 0 spiro atoms. The van der Waals surface area contributed by atoms with Crippen LogP contribution in [-0.4, -0.2) is 30.9 Å². The van der Waals surface area contributed by atoms with Crippen LogP contribution in [0, 0.1) is 26.7 Å². The summed E-state index contributed by atoms with van der Waals surface area (Å²) in [7, 11) is 0. The number of amides is 2. The monoisotopic (exact) mass is 318 g/mol. The van der Waals surface area contributed by atoms with Crippen LogP contribution in [0.3, 0.4) is 0 Å². The number of primary amides is 1. The third kappa shape index (κ3) is 4.10. The zero-order valence-corrected chi connectivity index (χ0v) is 14.5. The number of nitrogens with one attached hydrogen (secondary N) is 2. The Kier molecular flexibility index (Phi) is 5.42. The molecule has 1 aliphatic rings. The second-order valence-corrected chi connectivity index (χ2v) is 6.82. The number of likely N-dealkylation sites (tertiary alicyclic amines) is 1. The van der Waals surface area contributed by atoms with Gasteiger partial charge in [0.2, 0.25) is 5.91 Å². The van der Waals surface area contributed by atoms with E-state index < -0.39 is 0 Å². The van der Waals surface area contributed by atoms with Gasteiger partial charge in [-0.15, -0.1) is 0 Å². The largest absolute Gasteiger partial charge is 0.369 e. The van der Waals surface area contributed by atoms with E-state index in [1.165, 1.54) is 10.5 Å². The van der Waals surface area contributed by atoms with Gasteiger partial charge in [0, 0.05) is 24.4 Å². The lowest BCUT2D eigenvalue weighted by Crippen LogP contribution is -3.17. The van der Waals surface area contributed by atoms with Crippen LogP contribution in [0.2, 0.25) is 0 Å². The Hall–Kier alpha value is -1.88. The van der Waals surface area contributed by atoms with Crippen molar-refractivity contribution in [2.75, 3.05) is 18.4 Å². The van der Waals surface area contributed by atoms with Crippen LogP contribution in [0.5, 0.6) is 0 Å². The van der Waals surface area contributed by atoms with Crippen molar-refractivity contribution in [3.63, 3.8) is 0 Å². The summed E-state index contributed by atoms with van der Waals surface area (Å²) < 4.78 is 0. The van der Waals surface area contributed by atoms with E-state index in [0.717, 1.165) is 42.7 Å². The lowest BCUT2D eigenvalue weighted by molar-refractivity contribution is -0.919. The third-order valence-corrected chi connectivity index (χ3v) is 4.96. The maximum Gasteiger partial charge on any atom is 0.282 e. The van der Waals surface area contributed by atoms with Crippen molar-refractivity contribution in [2.24, 2.45) is 11.7 Å². The molecule has 0 radical (unpaired) electrons. The molecule has 4 N–H and O–H groups in total. The molecule has 1 heterocycles. The van der Waals surface area contributed by atoms with E-state index in [0.29, 0.717) is 0 Å². The molecule has 2 amide bonds. The molecule has 0 aromatic heterocycles. The molecule has 1 aliphatic heterocycles. The molecule has 126 valence electrons. The highest BCUT2D eigenvalue weighted by molar-refractivity contribution is 5.95. The molecular weight excluding hydrogens is 290 g/mol. The predicted octanol–water partition coefficient (Wildman–Crippen LogP) is 0.719. The minimum Gasteiger partial charge on any atom is -0.369 e. The molecule has 2 rings (SSSR count). The molecule has 0 aliphatic carbocycles. The number of carbonyl (C=O) groups is 2. The highest BCUT2D eigenvalue weighted by Gasteiger charge is 2.32. The van der Waals surface area contributed by atoms with Crippen molar-refractivity contribution in [1.29, 1.82) is 0 Å². The molecule has 0 unspecified atom stereocenters. The lowest BCUT2D eigenvalue weighted by atomic mass is 9.95. The number of anilines is 1. The molecule has 1 atom stereocenters. The molecule has 0 saturated carbocycles. The zero-order chi connectivity index (χ0) is 17.1. The summed E-state index contributed by atoms with van der Waals surface area (Å²) in [5, 5.41) is 3.09. The molecule has 1 fully saturated rings. The molecule has 1 aromatic rings. The van der Waals surface area contributed by atoms with E-state index in [9.17, 15) is 9.59 Å². The fraction of sp³-hybridized carbons (Fsp3) is 0.556. The van der Waals surface area contributed by atoms with Crippen LogP contribution in [0.1, 0.15) is 36.5 Å². The Morgan fingerprint density at radius 1 is 1.17 bits per heavy atom. The average molecular weight is 318 g/mol. The first-order chi connectivity index (χ1) is 10.8. The zero-order valence-electron chi connectivity index (χ0n) is 14.5. The number of carbonyl (C=O) groups excluding carboxylic acids is 2. The van der Waals surface area contributed by atoms with Gasteiger partial charge in [0.25, 0.3) is 5.91 Å². The minimum atomic E-state index is -0.216. The topological polar surface area (TPSA) is 76.6 Å². The van der Waals surface area contributed by atoms with Gasteiger partial charge in [-0.2, -0.15) is 0 Å². The number of hydrogen-bond donors (Lipinski definition) is 3. The smallest absolute Gasteiger partial charge is 0.282 e. The molecule has 5 nitrogen and oxygen atoms in total. The maximum atomic E-state index is 12.6. The van der Waals surface area contributed by atoms with Crippen molar-refractivity contribution in [3.8, 4) is 0 Å². The van der Waals surface area contributed by atoms with Crippen LogP contribution >= 0.6 is 0 Å². The van der Waals surface area contributed by atoms with Crippen molar-refractivity contribution in [1.82, 2.24) is 0 Å². The van der Waals surface area contributed by atoms with Gasteiger partial charge in [-0.25, -0.2) is 0 Å². The fourth-order valence-corrected chi connectivity index (χ4v) is 3.50. The maximum absolute atomic E-state index is 12.6. The van der Waals surface area contributed by atoms with Gasteiger partial charge in [0.05, 0.1) is 13.1 Å². The molecule has 23 heavy (non-hydrogen) atoms. The molecule has 0 bridgehead atoms. The minimum absolute atomic E-state index is 0.0319. The van der Waals surface area contributed by atoms with Gasteiger partial charge in [0.1, 0.15) is 0 Å². The van der Waals surface area contributed by atoms with Crippen LogP contribution in [0.4, 0.5) is 5.69 Å².